The SMILES string of the molecule is OC1CCCCC1N1CCC(Nc2ncc(C(F)(F)F)cc2Cl)CC1. The summed E-state index contributed by atoms with van der Waals surface area (Å²) in [6, 6.07) is 1.27. The molecular weight excluding hydrogens is 355 g/mol. The first kappa shape index (κ1) is 18.7. The summed E-state index contributed by atoms with van der Waals surface area (Å²) >= 11 is 5.96. The number of likely N-dealkylation sites (tertiary alicyclic amines) is 1. The highest BCUT2D eigenvalue weighted by molar-refractivity contribution is 6.33. The Kier molecular flexibility index (Phi) is 5.75. The van der Waals surface area contributed by atoms with Gasteiger partial charge in [-0.15, -0.1) is 0 Å². The van der Waals surface area contributed by atoms with Crippen molar-refractivity contribution in [1.82, 2.24) is 9.88 Å². The molecule has 2 aliphatic rings. The second-order valence-electron chi connectivity index (χ2n) is 6.93. The Morgan fingerprint density at radius 1 is 1.16 bits per heavy atom. The third kappa shape index (κ3) is 4.57. The molecule has 3 rings (SSSR count). The number of nitrogens with one attached hydrogen (secondary N) is 1. The van der Waals surface area contributed by atoms with E-state index < -0.39 is 11.7 Å². The molecule has 8 heteroatoms. The lowest BCUT2D eigenvalue weighted by Crippen LogP contribution is -2.50. The van der Waals surface area contributed by atoms with Crippen LogP contribution in [0, 0.1) is 0 Å². The standard InChI is InChI=1S/C17H23ClF3N3O/c18-13-9-11(17(19,20)21)10-22-16(13)23-12-5-7-24(8-6-12)14-3-1-2-4-15(14)25/h9-10,12,14-15,25H,1-8H2,(H,22,23). The van der Waals surface area contributed by atoms with E-state index in [1.165, 1.54) is 0 Å². The number of hydrogen-bond acceptors (Lipinski definition) is 4. The molecule has 1 aliphatic carbocycles. The van der Waals surface area contributed by atoms with Gasteiger partial charge in [0.15, 0.2) is 0 Å². The summed E-state index contributed by atoms with van der Waals surface area (Å²) in [7, 11) is 0. The van der Waals surface area contributed by atoms with E-state index in [0.717, 1.165) is 63.9 Å². The smallest absolute Gasteiger partial charge is 0.391 e. The van der Waals surface area contributed by atoms with Crippen LogP contribution in [0.3, 0.4) is 0 Å². The van der Waals surface area contributed by atoms with Crippen LogP contribution < -0.4 is 5.32 Å². The molecule has 140 valence electrons. The van der Waals surface area contributed by atoms with E-state index in [-0.39, 0.29) is 23.2 Å². The topological polar surface area (TPSA) is 48.4 Å². The summed E-state index contributed by atoms with van der Waals surface area (Å²) in [6.45, 7) is 1.72. The molecule has 0 bridgehead atoms. The fraction of sp³-hybridized carbons (Fsp3) is 0.706. The average Bonchev–Trinajstić information content (AvgIpc) is 2.57. The normalized spacial score (nSPS) is 26.6. The Bertz CT molecular complexity index is 591. The minimum atomic E-state index is -4.44. The van der Waals surface area contributed by atoms with Crippen LogP contribution in [0.25, 0.3) is 0 Å². The zero-order valence-electron chi connectivity index (χ0n) is 13.9. The van der Waals surface area contributed by atoms with Gasteiger partial charge in [-0.3, -0.25) is 4.90 Å². The number of pyridine rings is 1. The molecular formula is C17H23ClF3N3O. The van der Waals surface area contributed by atoms with Crippen LogP contribution in [0.1, 0.15) is 44.1 Å². The number of halogens is 4. The molecule has 4 nitrogen and oxygen atoms in total. The van der Waals surface area contributed by atoms with Crippen LogP contribution in [0.5, 0.6) is 0 Å². The van der Waals surface area contributed by atoms with Gasteiger partial charge < -0.3 is 10.4 Å². The second-order valence-corrected chi connectivity index (χ2v) is 7.33. The summed E-state index contributed by atoms with van der Waals surface area (Å²) < 4.78 is 38.0. The molecule has 1 aromatic rings. The average molecular weight is 378 g/mol. The maximum absolute atomic E-state index is 12.7. The van der Waals surface area contributed by atoms with E-state index in [4.69, 9.17) is 11.6 Å². The molecule has 1 aliphatic heterocycles. The predicted octanol–water partition coefficient (Wildman–Crippen LogP) is 3.93. The van der Waals surface area contributed by atoms with E-state index in [2.05, 4.69) is 15.2 Å². The first-order valence-corrected chi connectivity index (χ1v) is 9.14. The maximum Gasteiger partial charge on any atom is 0.417 e. The highest BCUT2D eigenvalue weighted by Gasteiger charge is 2.33. The number of aliphatic hydroxyl groups is 1. The minimum Gasteiger partial charge on any atom is -0.391 e. The maximum atomic E-state index is 12.7. The van der Waals surface area contributed by atoms with Gasteiger partial charge in [0.05, 0.1) is 16.7 Å². The van der Waals surface area contributed by atoms with Crippen LogP contribution >= 0.6 is 11.6 Å². The fourth-order valence-corrected chi connectivity index (χ4v) is 4.01. The first-order chi connectivity index (χ1) is 11.8. The Labute approximate surface area is 150 Å². The monoisotopic (exact) mass is 377 g/mol. The van der Waals surface area contributed by atoms with Gasteiger partial charge in [0, 0.05) is 31.4 Å². The number of anilines is 1. The van der Waals surface area contributed by atoms with Gasteiger partial charge in [-0.1, -0.05) is 24.4 Å². The predicted molar refractivity (Wildman–Crippen MR) is 90.7 cm³/mol. The fourth-order valence-electron chi connectivity index (χ4n) is 3.79. The van der Waals surface area contributed by atoms with Crippen LogP contribution in [0.15, 0.2) is 12.3 Å². The number of piperidine rings is 1. The highest BCUT2D eigenvalue weighted by atomic mass is 35.5. The molecule has 2 heterocycles. The summed E-state index contributed by atoms with van der Waals surface area (Å²) in [5.41, 5.74) is -0.843. The summed E-state index contributed by atoms with van der Waals surface area (Å²) in [4.78, 5) is 6.18. The van der Waals surface area contributed by atoms with Crippen molar-refractivity contribution in [1.29, 1.82) is 0 Å². The van der Waals surface area contributed by atoms with Crippen molar-refractivity contribution < 1.29 is 18.3 Å². The van der Waals surface area contributed by atoms with Crippen molar-refractivity contribution in [2.24, 2.45) is 0 Å². The number of hydrogen-bond donors (Lipinski definition) is 2. The Balaban J connectivity index is 1.55. The lowest BCUT2D eigenvalue weighted by molar-refractivity contribution is -0.137. The molecule has 2 fully saturated rings. The van der Waals surface area contributed by atoms with Gasteiger partial charge in [-0.2, -0.15) is 13.2 Å². The van der Waals surface area contributed by atoms with Crippen LogP contribution in [-0.4, -0.2) is 46.3 Å². The number of aromatic nitrogens is 1. The molecule has 1 saturated heterocycles. The number of nitrogens with zero attached hydrogens (tertiary/aromatic N) is 2. The quantitative estimate of drug-likeness (QED) is 0.837. The molecule has 25 heavy (non-hydrogen) atoms. The summed E-state index contributed by atoms with van der Waals surface area (Å²) in [6.07, 6.45) is 1.97. The number of alkyl halides is 3. The van der Waals surface area contributed by atoms with Crippen molar-refractivity contribution in [3.63, 3.8) is 0 Å². The van der Waals surface area contributed by atoms with Gasteiger partial charge in [0.2, 0.25) is 0 Å². The minimum absolute atomic E-state index is 0.0139. The lowest BCUT2D eigenvalue weighted by Gasteiger charge is -2.41. The summed E-state index contributed by atoms with van der Waals surface area (Å²) in [5, 5.41) is 13.3. The molecule has 0 amide bonds. The Hall–Kier alpha value is -1.05. The molecule has 2 atom stereocenters. The van der Waals surface area contributed by atoms with Crippen molar-refractivity contribution in [2.45, 2.75) is 62.9 Å². The van der Waals surface area contributed by atoms with Gasteiger partial charge in [0.25, 0.3) is 0 Å². The largest absolute Gasteiger partial charge is 0.417 e. The van der Waals surface area contributed by atoms with Gasteiger partial charge in [-0.05, 0) is 31.7 Å². The van der Waals surface area contributed by atoms with E-state index in [1.807, 2.05) is 0 Å². The van der Waals surface area contributed by atoms with Crippen molar-refractivity contribution >= 4 is 17.4 Å². The van der Waals surface area contributed by atoms with Crippen LogP contribution in [0.4, 0.5) is 19.0 Å². The molecule has 0 aromatic carbocycles. The van der Waals surface area contributed by atoms with Gasteiger partial charge in [-0.25, -0.2) is 4.98 Å². The molecule has 2 N–H and O–H groups in total. The molecule has 0 radical (unpaired) electrons. The zero-order chi connectivity index (χ0) is 18.0. The molecule has 1 saturated carbocycles. The van der Waals surface area contributed by atoms with E-state index in [1.54, 1.807) is 0 Å². The Morgan fingerprint density at radius 3 is 2.44 bits per heavy atom. The van der Waals surface area contributed by atoms with Crippen LogP contribution in [0.2, 0.25) is 5.02 Å². The van der Waals surface area contributed by atoms with E-state index in [9.17, 15) is 18.3 Å². The second kappa shape index (κ2) is 7.68. The molecule has 2 unspecified atom stereocenters. The highest BCUT2D eigenvalue weighted by Crippen LogP contribution is 2.33. The lowest BCUT2D eigenvalue weighted by atomic mass is 9.89. The van der Waals surface area contributed by atoms with Crippen molar-refractivity contribution in [3.8, 4) is 0 Å². The number of rotatable bonds is 3. The molecule has 1 aromatic heterocycles. The van der Waals surface area contributed by atoms with Gasteiger partial charge >= 0.3 is 6.18 Å². The Morgan fingerprint density at radius 2 is 1.84 bits per heavy atom. The first-order valence-electron chi connectivity index (χ1n) is 8.76. The summed E-state index contributed by atoms with van der Waals surface area (Å²) in [5.74, 6) is 0.297. The van der Waals surface area contributed by atoms with E-state index in [0.29, 0.717) is 5.82 Å². The van der Waals surface area contributed by atoms with Crippen molar-refractivity contribution in [2.75, 3.05) is 18.4 Å². The molecule has 0 spiro atoms. The van der Waals surface area contributed by atoms with E-state index >= 15 is 0 Å². The number of aliphatic hydroxyl groups excluding tert-OH is 1. The third-order valence-corrected chi connectivity index (χ3v) is 5.49. The van der Waals surface area contributed by atoms with Crippen molar-refractivity contribution in [3.05, 3.63) is 22.8 Å². The van der Waals surface area contributed by atoms with Gasteiger partial charge in [0.1, 0.15) is 5.82 Å². The zero-order valence-corrected chi connectivity index (χ0v) is 14.7. The third-order valence-electron chi connectivity index (χ3n) is 5.20. The van der Waals surface area contributed by atoms with Crippen LogP contribution in [-0.2, 0) is 6.18 Å².